The van der Waals surface area contributed by atoms with Gasteiger partial charge in [-0.1, -0.05) is 76.6 Å². The Bertz CT molecular complexity index is 1210. The first-order chi connectivity index (χ1) is 15.2. The van der Waals surface area contributed by atoms with E-state index in [1.165, 1.54) is 12.8 Å². The number of carbonyl (C=O) groups is 1. The number of hydrogen-bond donors (Lipinski definition) is 1. The summed E-state index contributed by atoms with van der Waals surface area (Å²) in [5.41, 5.74) is 5.54. The molecule has 0 saturated heterocycles. The fourth-order valence-electron chi connectivity index (χ4n) is 3.70. The molecule has 1 aliphatic rings. The van der Waals surface area contributed by atoms with Crippen molar-refractivity contribution in [3.05, 3.63) is 95.1 Å². The Morgan fingerprint density at radius 1 is 0.935 bits per heavy atom. The molecule has 0 bridgehead atoms. The maximum absolute atomic E-state index is 13.0. The summed E-state index contributed by atoms with van der Waals surface area (Å²) in [7, 11) is 0. The van der Waals surface area contributed by atoms with Gasteiger partial charge >= 0.3 is 0 Å². The number of nitrogens with one attached hydrogen (secondary N) is 1. The van der Waals surface area contributed by atoms with Crippen LogP contribution in [0.15, 0.2) is 89.5 Å². The van der Waals surface area contributed by atoms with Crippen LogP contribution in [0.1, 0.15) is 23.2 Å². The average Bonchev–Trinajstić information content (AvgIpc) is 3.54. The van der Waals surface area contributed by atoms with E-state index in [-0.39, 0.29) is 5.91 Å². The molecule has 31 heavy (non-hydrogen) atoms. The van der Waals surface area contributed by atoms with Crippen LogP contribution in [-0.2, 0) is 0 Å². The number of amides is 1. The van der Waals surface area contributed by atoms with Gasteiger partial charge in [0.1, 0.15) is 0 Å². The minimum atomic E-state index is -0.0738. The molecule has 5 heteroatoms. The van der Waals surface area contributed by atoms with Crippen molar-refractivity contribution in [1.29, 1.82) is 0 Å². The van der Waals surface area contributed by atoms with Gasteiger partial charge in [-0.2, -0.15) is 5.10 Å². The van der Waals surface area contributed by atoms with Gasteiger partial charge in [0.25, 0.3) is 5.91 Å². The van der Waals surface area contributed by atoms with E-state index in [0.717, 1.165) is 39.1 Å². The third-order valence-corrected chi connectivity index (χ3v) is 6.07. The standard InChI is InChI=1S/C26H22BrN3O/c27-22-7-4-8-23(15-22)30-25(24(17-29-30)26(31)28-16-18-9-10-18)21-13-11-20(12-14-21)19-5-2-1-3-6-19/h1-8,11-15,17-18H,9-10,16H2,(H,28,31). The number of benzene rings is 3. The van der Waals surface area contributed by atoms with Crippen molar-refractivity contribution >= 4 is 21.8 Å². The Hall–Kier alpha value is -3.18. The molecule has 5 rings (SSSR count). The van der Waals surface area contributed by atoms with Gasteiger partial charge in [0.2, 0.25) is 0 Å². The van der Waals surface area contributed by atoms with E-state index in [0.29, 0.717) is 11.5 Å². The van der Waals surface area contributed by atoms with E-state index in [2.05, 4.69) is 62.7 Å². The zero-order chi connectivity index (χ0) is 21.2. The summed E-state index contributed by atoms with van der Waals surface area (Å²) in [6.07, 6.45) is 4.07. The largest absolute Gasteiger partial charge is 0.352 e. The minimum absolute atomic E-state index is 0.0738. The second kappa shape index (κ2) is 8.52. The van der Waals surface area contributed by atoms with Crippen molar-refractivity contribution in [2.75, 3.05) is 6.54 Å². The molecule has 0 spiro atoms. The second-order valence-electron chi connectivity index (χ2n) is 7.90. The highest BCUT2D eigenvalue weighted by Crippen LogP contribution is 2.31. The van der Waals surface area contributed by atoms with Crippen LogP contribution in [0.2, 0.25) is 0 Å². The molecule has 1 aliphatic carbocycles. The van der Waals surface area contributed by atoms with Crippen LogP contribution in [0.25, 0.3) is 28.1 Å². The Morgan fingerprint density at radius 3 is 2.35 bits per heavy atom. The fraction of sp³-hybridized carbons (Fsp3) is 0.154. The van der Waals surface area contributed by atoms with Gasteiger partial charge in [-0.25, -0.2) is 4.68 Å². The zero-order valence-electron chi connectivity index (χ0n) is 17.0. The third-order valence-electron chi connectivity index (χ3n) is 5.58. The lowest BCUT2D eigenvalue weighted by Crippen LogP contribution is -2.25. The van der Waals surface area contributed by atoms with Crippen molar-refractivity contribution in [1.82, 2.24) is 15.1 Å². The number of aromatic nitrogens is 2. The normalized spacial score (nSPS) is 13.2. The molecule has 4 nitrogen and oxygen atoms in total. The SMILES string of the molecule is O=C(NCC1CC1)c1cnn(-c2cccc(Br)c2)c1-c1ccc(-c2ccccc2)cc1. The molecule has 1 amide bonds. The van der Waals surface area contributed by atoms with Crippen LogP contribution >= 0.6 is 15.9 Å². The predicted octanol–water partition coefficient (Wildman–Crippen LogP) is 6.11. The highest BCUT2D eigenvalue weighted by Gasteiger charge is 2.24. The van der Waals surface area contributed by atoms with E-state index in [9.17, 15) is 4.79 Å². The Kier molecular flexibility index (Phi) is 5.43. The number of nitrogens with zero attached hydrogens (tertiary/aromatic N) is 2. The summed E-state index contributed by atoms with van der Waals surface area (Å²) in [5.74, 6) is 0.549. The Labute approximate surface area is 190 Å². The van der Waals surface area contributed by atoms with Crippen molar-refractivity contribution in [3.63, 3.8) is 0 Å². The first-order valence-corrected chi connectivity index (χ1v) is 11.3. The maximum Gasteiger partial charge on any atom is 0.255 e. The number of rotatable bonds is 6. The molecular weight excluding hydrogens is 450 g/mol. The summed E-state index contributed by atoms with van der Waals surface area (Å²) < 4.78 is 2.81. The summed E-state index contributed by atoms with van der Waals surface area (Å²) in [6.45, 7) is 0.729. The van der Waals surface area contributed by atoms with Gasteiger partial charge in [0, 0.05) is 16.6 Å². The van der Waals surface area contributed by atoms with E-state index in [1.54, 1.807) is 6.20 Å². The molecule has 1 saturated carbocycles. The summed E-state index contributed by atoms with van der Waals surface area (Å²) in [6, 6.07) is 26.5. The quantitative estimate of drug-likeness (QED) is 0.368. The molecule has 1 heterocycles. The maximum atomic E-state index is 13.0. The third kappa shape index (κ3) is 4.32. The first-order valence-electron chi connectivity index (χ1n) is 10.5. The lowest BCUT2D eigenvalue weighted by molar-refractivity contribution is 0.0952. The minimum Gasteiger partial charge on any atom is -0.352 e. The van der Waals surface area contributed by atoms with E-state index in [1.807, 2.05) is 47.1 Å². The number of hydrogen-bond acceptors (Lipinski definition) is 2. The molecule has 4 aromatic rings. The molecule has 1 N–H and O–H groups in total. The predicted molar refractivity (Wildman–Crippen MR) is 127 cm³/mol. The Balaban J connectivity index is 1.56. The fourth-order valence-corrected chi connectivity index (χ4v) is 4.09. The molecule has 154 valence electrons. The summed E-state index contributed by atoms with van der Waals surface area (Å²) in [5, 5.41) is 7.67. The molecule has 0 unspecified atom stereocenters. The van der Waals surface area contributed by atoms with Crippen LogP contribution in [0.5, 0.6) is 0 Å². The van der Waals surface area contributed by atoms with Gasteiger partial charge in [-0.15, -0.1) is 0 Å². The van der Waals surface area contributed by atoms with E-state index >= 15 is 0 Å². The van der Waals surface area contributed by atoms with E-state index < -0.39 is 0 Å². The van der Waals surface area contributed by atoms with Crippen LogP contribution in [0.3, 0.4) is 0 Å². The lowest BCUT2D eigenvalue weighted by atomic mass is 10.0. The van der Waals surface area contributed by atoms with E-state index in [4.69, 9.17) is 0 Å². The first kappa shape index (κ1) is 19.8. The summed E-state index contributed by atoms with van der Waals surface area (Å²) in [4.78, 5) is 13.0. The molecular formula is C26H22BrN3O. The molecule has 1 fully saturated rings. The summed E-state index contributed by atoms with van der Waals surface area (Å²) >= 11 is 3.54. The van der Waals surface area contributed by atoms with Gasteiger partial charge in [-0.05, 0) is 48.1 Å². The molecule has 0 radical (unpaired) electrons. The van der Waals surface area contributed by atoms with Crippen LogP contribution in [0.4, 0.5) is 0 Å². The van der Waals surface area contributed by atoms with Gasteiger partial charge < -0.3 is 5.32 Å². The molecule has 0 atom stereocenters. The number of halogens is 1. The highest BCUT2D eigenvalue weighted by atomic mass is 79.9. The number of carbonyl (C=O) groups excluding carboxylic acids is 1. The molecule has 0 aliphatic heterocycles. The molecule has 1 aromatic heterocycles. The van der Waals surface area contributed by atoms with Gasteiger partial charge in [0.15, 0.2) is 0 Å². The average molecular weight is 472 g/mol. The highest BCUT2D eigenvalue weighted by molar-refractivity contribution is 9.10. The lowest BCUT2D eigenvalue weighted by Gasteiger charge is -2.12. The Morgan fingerprint density at radius 2 is 1.65 bits per heavy atom. The van der Waals surface area contributed by atoms with Gasteiger partial charge in [0.05, 0.1) is 23.1 Å². The monoisotopic (exact) mass is 471 g/mol. The van der Waals surface area contributed by atoms with Gasteiger partial charge in [-0.3, -0.25) is 4.79 Å². The smallest absolute Gasteiger partial charge is 0.255 e. The van der Waals surface area contributed by atoms with Crippen molar-refractivity contribution in [2.24, 2.45) is 5.92 Å². The zero-order valence-corrected chi connectivity index (χ0v) is 18.5. The van der Waals surface area contributed by atoms with Crippen LogP contribution in [-0.4, -0.2) is 22.2 Å². The topological polar surface area (TPSA) is 46.9 Å². The van der Waals surface area contributed by atoms with Crippen molar-refractivity contribution < 1.29 is 4.79 Å². The van der Waals surface area contributed by atoms with Crippen LogP contribution in [0, 0.1) is 5.92 Å². The van der Waals surface area contributed by atoms with Crippen molar-refractivity contribution in [2.45, 2.75) is 12.8 Å². The van der Waals surface area contributed by atoms with Crippen molar-refractivity contribution in [3.8, 4) is 28.1 Å². The second-order valence-corrected chi connectivity index (χ2v) is 8.81. The van der Waals surface area contributed by atoms with Crippen LogP contribution < -0.4 is 5.32 Å². The molecule has 3 aromatic carbocycles.